The zero-order valence-corrected chi connectivity index (χ0v) is 14.7. The van der Waals surface area contributed by atoms with E-state index in [4.69, 9.17) is 4.74 Å². The minimum atomic E-state index is -0.535. The van der Waals surface area contributed by atoms with Crippen molar-refractivity contribution in [2.24, 2.45) is 11.8 Å². The minimum absolute atomic E-state index is 0.227. The molecule has 0 radical (unpaired) electrons. The second-order valence-electron chi connectivity index (χ2n) is 6.19. The van der Waals surface area contributed by atoms with E-state index in [9.17, 15) is 9.90 Å². The summed E-state index contributed by atoms with van der Waals surface area (Å²) in [4.78, 5) is 11.4. The first-order valence-corrected chi connectivity index (χ1v) is 8.86. The molecule has 1 N–H and O–H groups in total. The molecule has 0 aromatic heterocycles. The van der Waals surface area contributed by atoms with Gasteiger partial charge in [0.15, 0.2) is 0 Å². The van der Waals surface area contributed by atoms with Crippen molar-refractivity contribution in [3.63, 3.8) is 0 Å². The summed E-state index contributed by atoms with van der Waals surface area (Å²) < 4.78 is 5.54. The highest BCUT2D eigenvalue weighted by molar-refractivity contribution is 5.66. The van der Waals surface area contributed by atoms with Gasteiger partial charge >= 0.3 is 5.97 Å². The van der Waals surface area contributed by atoms with Crippen molar-refractivity contribution in [3.8, 4) is 0 Å². The number of carbonyl (C=O) groups excluding carboxylic acids is 1. The van der Waals surface area contributed by atoms with E-state index in [0.717, 1.165) is 51.4 Å². The van der Waals surface area contributed by atoms with Crippen molar-refractivity contribution in [1.82, 2.24) is 0 Å². The van der Waals surface area contributed by atoms with Crippen molar-refractivity contribution in [1.29, 1.82) is 0 Å². The number of rotatable bonds is 12. The van der Waals surface area contributed by atoms with Crippen LogP contribution < -0.4 is 0 Å². The van der Waals surface area contributed by atoms with Gasteiger partial charge in [0, 0.05) is 6.92 Å². The lowest BCUT2D eigenvalue weighted by atomic mass is 9.82. The summed E-state index contributed by atoms with van der Waals surface area (Å²) in [5.74, 6) is 0.212. The molecule has 0 heterocycles. The topological polar surface area (TPSA) is 46.5 Å². The number of ether oxygens (including phenoxy) is 1. The highest BCUT2D eigenvalue weighted by Crippen LogP contribution is 2.29. The Kier molecular flexibility index (Phi) is 11.7. The van der Waals surface area contributed by atoms with Crippen molar-refractivity contribution >= 4 is 5.97 Å². The maximum Gasteiger partial charge on any atom is 0.303 e. The fourth-order valence-corrected chi connectivity index (χ4v) is 3.05. The van der Waals surface area contributed by atoms with Crippen molar-refractivity contribution in [2.45, 2.75) is 98.2 Å². The number of carbonyl (C=O) groups is 1. The van der Waals surface area contributed by atoms with Crippen molar-refractivity contribution < 1.29 is 14.6 Å². The second kappa shape index (κ2) is 12.0. The molecule has 0 rings (SSSR count). The molecule has 0 aromatic rings. The third-order valence-corrected chi connectivity index (χ3v) is 4.49. The molecule has 0 aromatic carbocycles. The van der Waals surface area contributed by atoms with Crippen molar-refractivity contribution in [2.75, 3.05) is 0 Å². The van der Waals surface area contributed by atoms with Gasteiger partial charge < -0.3 is 9.84 Å². The smallest absolute Gasteiger partial charge is 0.303 e. The molecule has 3 nitrogen and oxygen atoms in total. The van der Waals surface area contributed by atoms with Crippen LogP contribution >= 0.6 is 0 Å². The molecule has 0 aliphatic carbocycles. The predicted octanol–water partition coefficient (Wildman–Crippen LogP) is 4.71. The number of aliphatic hydroxyl groups excluding tert-OH is 1. The van der Waals surface area contributed by atoms with E-state index >= 15 is 0 Å². The molecule has 0 saturated carbocycles. The number of aliphatic hydroxyl groups is 1. The summed E-state index contributed by atoms with van der Waals surface area (Å²) in [5.41, 5.74) is 0. The predicted molar refractivity (Wildman–Crippen MR) is 88.2 cm³/mol. The Balaban J connectivity index is 4.93. The van der Waals surface area contributed by atoms with Crippen LogP contribution in [0.3, 0.4) is 0 Å². The quantitative estimate of drug-likeness (QED) is 0.531. The SMILES string of the molecule is CCCCC(CC)C(O)C(OC(C)=O)C(CC)CCCC. The first-order valence-electron chi connectivity index (χ1n) is 8.86. The number of unbranched alkanes of at least 4 members (excludes halogenated alkanes) is 2. The van der Waals surface area contributed by atoms with E-state index in [1.165, 1.54) is 6.92 Å². The van der Waals surface area contributed by atoms with Crippen LogP contribution in [0, 0.1) is 11.8 Å². The Bertz CT molecular complexity index is 265. The number of hydrogen-bond acceptors (Lipinski definition) is 3. The fraction of sp³-hybridized carbons (Fsp3) is 0.944. The van der Waals surface area contributed by atoms with Crippen molar-refractivity contribution in [3.05, 3.63) is 0 Å². The lowest BCUT2D eigenvalue weighted by molar-refractivity contribution is -0.160. The van der Waals surface area contributed by atoms with E-state index in [1.807, 2.05) is 0 Å². The normalized spacial score (nSPS) is 17.0. The molecule has 0 spiro atoms. The summed E-state index contributed by atoms with van der Waals surface area (Å²) in [6.45, 7) is 10.0. The van der Waals surface area contributed by atoms with E-state index in [1.54, 1.807) is 0 Å². The number of esters is 1. The maximum atomic E-state index is 11.4. The summed E-state index contributed by atoms with van der Waals surface area (Å²) in [6.07, 6.45) is 7.53. The molecule has 4 unspecified atom stereocenters. The Hall–Kier alpha value is -0.570. The van der Waals surface area contributed by atoms with Gasteiger partial charge in [-0.05, 0) is 31.1 Å². The largest absolute Gasteiger partial charge is 0.459 e. The molecular formula is C18H36O3. The molecule has 0 bridgehead atoms. The summed E-state index contributed by atoms with van der Waals surface area (Å²) in [6, 6.07) is 0. The molecule has 0 aliphatic heterocycles. The third-order valence-electron chi connectivity index (χ3n) is 4.49. The molecule has 4 atom stereocenters. The molecule has 3 heteroatoms. The van der Waals surface area contributed by atoms with Gasteiger partial charge in [-0.3, -0.25) is 4.79 Å². The number of hydrogen-bond donors (Lipinski definition) is 1. The van der Waals surface area contributed by atoms with Crippen LogP contribution in [0.5, 0.6) is 0 Å². The Morgan fingerprint density at radius 1 is 0.952 bits per heavy atom. The van der Waals surface area contributed by atoms with Crippen LogP contribution in [0.25, 0.3) is 0 Å². The van der Waals surface area contributed by atoms with E-state index < -0.39 is 6.10 Å². The zero-order chi connectivity index (χ0) is 16.3. The molecule has 0 fully saturated rings. The van der Waals surface area contributed by atoms with Gasteiger partial charge in [-0.1, -0.05) is 59.8 Å². The van der Waals surface area contributed by atoms with Crippen LogP contribution in [-0.4, -0.2) is 23.3 Å². The van der Waals surface area contributed by atoms with Gasteiger partial charge in [0.05, 0.1) is 6.10 Å². The average Bonchev–Trinajstić information content (AvgIpc) is 2.46. The molecule has 0 saturated heterocycles. The standard InChI is InChI=1S/C18H36O3/c1-6-10-12-15(8-3)17(20)18(21-14(5)19)16(9-4)13-11-7-2/h15-18,20H,6-13H2,1-5H3. The monoisotopic (exact) mass is 300 g/mol. The highest BCUT2D eigenvalue weighted by atomic mass is 16.6. The van der Waals surface area contributed by atoms with Gasteiger partial charge in [0.25, 0.3) is 0 Å². The Morgan fingerprint density at radius 3 is 1.81 bits per heavy atom. The molecule has 126 valence electrons. The third kappa shape index (κ3) is 7.85. The first kappa shape index (κ1) is 20.4. The summed E-state index contributed by atoms with van der Waals surface area (Å²) in [5, 5.41) is 10.8. The van der Waals surface area contributed by atoms with Crippen LogP contribution in [0.15, 0.2) is 0 Å². The van der Waals surface area contributed by atoms with Crippen LogP contribution in [-0.2, 0) is 9.53 Å². The minimum Gasteiger partial charge on any atom is -0.459 e. The highest BCUT2D eigenvalue weighted by Gasteiger charge is 2.33. The first-order chi connectivity index (χ1) is 10.0. The Labute approximate surface area is 131 Å². The van der Waals surface area contributed by atoms with E-state index in [-0.39, 0.29) is 23.9 Å². The lowest BCUT2D eigenvalue weighted by Gasteiger charge is -2.34. The summed E-state index contributed by atoms with van der Waals surface area (Å²) >= 11 is 0. The van der Waals surface area contributed by atoms with Gasteiger partial charge in [0.1, 0.15) is 6.10 Å². The molecule has 0 amide bonds. The summed E-state index contributed by atoms with van der Waals surface area (Å²) in [7, 11) is 0. The fourth-order valence-electron chi connectivity index (χ4n) is 3.05. The average molecular weight is 300 g/mol. The molecule has 0 aliphatic rings. The van der Waals surface area contributed by atoms with Gasteiger partial charge in [-0.15, -0.1) is 0 Å². The van der Waals surface area contributed by atoms with Gasteiger partial charge in [0.2, 0.25) is 0 Å². The van der Waals surface area contributed by atoms with Crippen LogP contribution in [0.1, 0.15) is 86.0 Å². The molecular weight excluding hydrogens is 264 g/mol. The van der Waals surface area contributed by atoms with Gasteiger partial charge in [-0.2, -0.15) is 0 Å². The van der Waals surface area contributed by atoms with Gasteiger partial charge in [-0.25, -0.2) is 0 Å². The zero-order valence-electron chi connectivity index (χ0n) is 14.7. The molecule has 21 heavy (non-hydrogen) atoms. The Morgan fingerprint density at radius 2 is 1.43 bits per heavy atom. The second-order valence-corrected chi connectivity index (χ2v) is 6.19. The lowest BCUT2D eigenvalue weighted by Crippen LogP contribution is -2.41. The van der Waals surface area contributed by atoms with E-state index in [2.05, 4.69) is 27.7 Å². The maximum absolute atomic E-state index is 11.4. The van der Waals surface area contributed by atoms with E-state index in [0.29, 0.717) is 0 Å². The van der Waals surface area contributed by atoms with Crippen LogP contribution in [0.2, 0.25) is 0 Å². The van der Waals surface area contributed by atoms with Crippen LogP contribution in [0.4, 0.5) is 0 Å².